The lowest BCUT2D eigenvalue weighted by atomic mass is 9.95. The van der Waals surface area contributed by atoms with Gasteiger partial charge in [-0.1, -0.05) is 23.7 Å². The third-order valence-corrected chi connectivity index (χ3v) is 4.73. The lowest BCUT2D eigenvalue weighted by molar-refractivity contribution is -0.118. The number of hydrogen-bond donors (Lipinski definition) is 2. The van der Waals surface area contributed by atoms with Crippen molar-refractivity contribution < 1.29 is 9.59 Å². The highest BCUT2D eigenvalue weighted by atomic mass is 35.5. The van der Waals surface area contributed by atoms with E-state index in [0.717, 1.165) is 18.4 Å². The molecule has 1 fully saturated rings. The number of anilines is 1. The standard InChI is InChI=1S/C15H14ClN3O2S/c16-10-3-1-2-9(6-10)15(4-5-15)13(21)19-14-18-11(8-22-14)7-12(17)20/h1-3,6,8H,4-5,7H2,(H2,17,20)(H,18,19,21). The molecule has 3 rings (SSSR count). The van der Waals surface area contributed by atoms with Crippen molar-refractivity contribution in [1.29, 1.82) is 0 Å². The van der Waals surface area contributed by atoms with Crippen LogP contribution in [0.4, 0.5) is 5.13 Å². The summed E-state index contributed by atoms with van der Waals surface area (Å²) in [7, 11) is 0. The third kappa shape index (κ3) is 2.98. The number of aromatic nitrogens is 1. The SMILES string of the molecule is NC(=O)Cc1csc(NC(=O)C2(c3cccc(Cl)c3)CC2)n1. The molecule has 1 aromatic heterocycles. The van der Waals surface area contributed by atoms with E-state index in [1.54, 1.807) is 11.4 Å². The number of hydrogen-bond acceptors (Lipinski definition) is 4. The molecule has 0 spiro atoms. The minimum Gasteiger partial charge on any atom is -0.369 e. The molecule has 0 aliphatic heterocycles. The van der Waals surface area contributed by atoms with Gasteiger partial charge in [-0.2, -0.15) is 0 Å². The van der Waals surface area contributed by atoms with Crippen molar-refractivity contribution >= 4 is 39.9 Å². The van der Waals surface area contributed by atoms with Gasteiger partial charge in [-0.25, -0.2) is 4.98 Å². The molecule has 1 aliphatic carbocycles. The molecule has 114 valence electrons. The quantitative estimate of drug-likeness (QED) is 0.880. The van der Waals surface area contributed by atoms with E-state index in [2.05, 4.69) is 10.3 Å². The second-order valence-corrected chi connectivity index (χ2v) is 6.63. The highest BCUT2D eigenvalue weighted by molar-refractivity contribution is 7.14. The van der Waals surface area contributed by atoms with Crippen LogP contribution in [-0.4, -0.2) is 16.8 Å². The maximum absolute atomic E-state index is 12.6. The first-order chi connectivity index (χ1) is 10.5. The van der Waals surface area contributed by atoms with Gasteiger partial charge in [0, 0.05) is 10.4 Å². The number of thiazole rings is 1. The van der Waals surface area contributed by atoms with Crippen molar-refractivity contribution in [2.24, 2.45) is 5.73 Å². The van der Waals surface area contributed by atoms with Crippen molar-refractivity contribution in [3.8, 4) is 0 Å². The van der Waals surface area contributed by atoms with Crippen LogP contribution in [0.25, 0.3) is 0 Å². The third-order valence-electron chi connectivity index (χ3n) is 3.69. The lowest BCUT2D eigenvalue weighted by Gasteiger charge is -2.14. The van der Waals surface area contributed by atoms with E-state index in [-0.39, 0.29) is 12.3 Å². The Kier molecular flexibility index (Phi) is 3.88. The van der Waals surface area contributed by atoms with Crippen LogP contribution >= 0.6 is 22.9 Å². The zero-order chi connectivity index (χ0) is 15.7. The molecule has 5 nitrogen and oxygen atoms in total. The largest absolute Gasteiger partial charge is 0.369 e. The van der Waals surface area contributed by atoms with E-state index in [9.17, 15) is 9.59 Å². The molecule has 2 amide bonds. The zero-order valence-electron chi connectivity index (χ0n) is 11.6. The Bertz CT molecular complexity index is 740. The van der Waals surface area contributed by atoms with Crippen LogP contribution in [0.2, 0.25) is 5.02 Å². The van der Waals surface area contributed by atoms with Crippen LogP contribution in [0, 0.1) is 0 Å². The van der Waals surface area contributed by atoms with Gasteiger partial charge in [0.2, 0.25) is 11.8 Å². The second-order valence-electron chi connectivity index (χ2n) is 5.33. The molecule has 0 unspecified atom stereocenters. The van der Waals surface area contributed by atoms with Gasteiger partial charge in [0.25, 0.3) is 0 Å². The molecule has 22 heavy (non-hydrogen) atoms. The van der Waals surface area contributed by atoms with Crippen LogP contribution in [0.5, 0.6) is 0 Å². The molecule has 0 atom stereocenters. The molecule has 0 saturated heterocycles. The van der Waals surface area contributed by atoms with Gasteiger partial charge < -0.3 is 11.1 Å². The molecule has 0 bridgehead atoms. The van der Waals surface area contributed by atoms with Gasteiger partial charge in [0.15, 0.2) is 5.13 Å². The molecule has 1 heterocycles. The van der Waals surface area contributed by atoms with E-state index in [1.165, 1.54) is 11.3 Å². The summed E-state index contributed by atoms with van der Waals surface area (Å²) in [6.07, 6.45) is 1.66. The number of benzene rings is 1. The number of amides is 2. The van der Waals surface area contributed by atoms with Crippen LogP contribution in [0.15, 0.2) is 29.6 Å². The Balaban J connectivity index is 1.74. The van der Waals surface area contributed by atoms with Crippen molar-refractivity contribution in [3.63, 3.8) is 0 Å². The summed E-state index contributed by atoms with van der Waals surface area (Å²) in [6, 6.07) is 7.38. The molecular formula is C15H14ClN3O2S. The maximum Gasteiger partial charge on any atom is 0.236 e. The fraction of sp³-hybridized carbons (Fsp3) is 0.267. The predicted octanol–water partition coefficient (Wildman–Crippen LogP) is 2.49. The Hall–Kier alpha value is -1.92. The number of nitrogens with two attached hydrogens (primary N) is 1. The van der Waals surface area contributed by atoms with Crippen molar-refractivity contribution in [2.75, 3.05) is 5.32 Å². The van der Waals surface area contributed by atoms with Crippen LogP contribution in [-0.2, 0) is 21.4 Å². The monoisotopic (exact) mass is 335 g/mol. The van der Waals surface area contributed by atoms with Crippen molar-refractivity contribution in [2.45, 2.75) is 24.7 Å². The number of halogens is 1. The van der Waals surface area contributed by atoms with E-state index in [0.29, 0.717) is 15.8 Å². The topological polar surface area (TPSA) is 85.1 Å². The Labute approximate surface area is 136 Å². The van der Waals surface area contributed by atoms with Gasteiger partial charge in [0.1, 0.15) is 0 Å². The van der Waals surface area contributed by atoms with Crippen LogP contribution < -0.4 is 11.1 Å². The molecule has 1 aromatic carbocycles. The molecule has 3 N–H and O–H groups in total. The number of nitrogens with zero attached hydrogens (tertiary/aromatic N) is 1. The summed E-state index contributed by atoms with van der Waals surface area (Å²) >= 11 is 7.29. The first kappa shape index (κ1) is 15.0. The first-order valence-electron chi connectivity index (χ1n) is 6.80. The molecular weight excluding hydrogens is 322 g/mol. The fourth-order valence-electron chi connectivity index (χ4n) is 2.40. The van der Waals surface area contributed by atoms with Crippen molar-refractivity contribution in [1.82, 2.24) is 4.98 Å². The lowest BCUT2D eigenvalue weighted by Crippen LogP contribution is -2.27. The van der Waals surface area contributed by atoms with E-state index >= 15 is 0 Å². The summed E-state index contributed by atoms with van der Waals surface area (Å²) in [4.78, 5) is 27.6. The summed E-state index contributed by atoms with van der Waals surface area (Å²) < 4.78 is 0. The van der Waals surface area contributed by atoms with Crippen molar-refractivity contribution in [3.05, 3.63) is 45.9 Å². The second kappa shape index (κ2) is 5.70. The van der Waals surface area contributed by atoms with Gasteiger partial charge in [-0.3, -0.25) is 9.59 Å². The fourth-order valence-corrected chi connectivity index (χ4v) is 3.29. The number of nitrogens with one attached hydrogen (secondary N) is 1. The molecule has 2 aromatic rings. The van der Waals surface area contributed by atoms with Gasteiger partial charge in [0.05, 0.1) is 17.5 Å². The summed E-state index contributed by atoms with van der Waals surface area (Å²) in [5.41, 5.74) is 6.11. The summed E-state index contributed by atoms with van der Waals surface area (Å²) in [5.74, 6) is -0.532. The molecule has 0 radical (unpaired) electrons. The van der Waals surface area contributed by atoms with E-state index in [1.807, 2.05) is 18.2 Å². The number of rotatable bonds is 5. The van der Waals surface area contributed by atoms with Crippen LogP contribution in [0.3, 0.4) is 0 Å². The molecule has 1 aliphatic rings. The summed E-state index contributed by atoms with van der Waals surface area (Å²) in [5, 5.41) is 5.65. The normalized spacial score (nSPS) is 15.3. The Morgan fingerprint density at radius 3 is 2.82 bits per heavy atom. The van der Waals surface area contributed by atoms with E-state index in [4.69, 9.17) is 17.3 Å². The first-order valence-corrected chi connectivity index (χ1v) is 8.05. The minimum absolute atomic E-state index is 0.0752. The smallest absolute Gasteiger partial charge is 0.236 e. The Morgan fingerprint density at radius 1 is 1.41 bits per heavy atom. The number of carbonyl (C=O) groups is 2. The zero-order valence-corrected chi connectivity index (χ0v) is 13.2. The van der Waals surface area contributed by atoms with E-state index < -0.39 is 11.3 Å². The van der Waals surface area contributed by atoms with Gasteiger partial charge in [-0.15, -0.1) is 11.3 Å². The highest BCUT2D eigenvalue weighted by Gasteiger charge is 2.51. The average molecular weight is 336 g/mol. The predicted molar refractivity (Wildman–Crippen MR) is 86.0 cm³/mol. The molecule has 7 heteroatoms. The Morgan fingerprint density at radius 2 is 2.18 bits per heavy atom. The highest BCUT2D eigenvalue weighted by Crippen LogP contribution is 2.49. The minimum atomic E-state index is -0.513. The summed E-state index contributed by atoms with van der Waals surface area (Å²) in [6.45, 7) is 0. The number of primary amides is 1. The molecule has 1 saturated carbocycles. The van der Waals surface area contributed by atoms with Gasteiger partial charge >= 0.3 is 0 Å². The van der Waals surface area contributed by atoms with Crippen LogP contribution in [0.1, 0.15) is 24.1 Å². The average Bonchev–Trinajstić information content (AvgIpc) is 3.16. The maximum atomic E-state index is 12.6. The number of carbonyl (C=O) groups excluding carboxylic acids is 2. The van der Waals surface area contributed by atoms with Gasteiger partial charge in [-0.05, 0) is 30.5 Å².